The van der Waals surface area contributed by atoms with Crippen LogP contribution < -0.4 is 10.1 Å². The first kappa shape index (κ1) is 17.6. The second-order valence-corrected chi connectivity index (χ2v) is 8.68. The van der Waals surface area contributed by atoms with Crippen molar-refractivity contribution in [3.05, 3.63) is 42.6 Å². The van der Waals surface area contributed by atoms with E-state index in [1.807, 2.05) is 6.07 Å². The average Bonchev–Trinajstić information content (AvgIpc) is 3.54. The van der Waals surface area contributed by atoms with Crippen LogP contribution in [0.3, 0.4) is 0 Å². The van der Waals surface area contributed by atoms with Crippen molar-refractivity contribution >= 4 is 34.3 Å². The molecule has 2 heterocycles. The zero-order valence-corrected chi connectivity index (χ0v) is 16.4. The summed E-state index contributed by atoms with van der Waals surface area (Å²) in [5, 5.41) is 3.60. The maximum absolute atomic E-state index is 13.1. The molecular weight excluding hydrogens is 382 g/mol. The number of pyridine rings is 1. The molecule has 3 amide bonds. The van der Waals surface area contributed by atoms with Crippen LogP contribution in [0.2, 0.25) is 0 Å². The number of allylic oxidation sites excluding steroid dienone is 2. The molecule has 1 saturated heterocycles. The molecule has 0 radical (unpaired) electrons. The van der Waals surface area contributed by atoms with Crippen molar-refractivity contribution in [2.45, 2.75) is 6.42 Å². The Morgan fingerprint density at radius 1 is 1.13 bits per heavy atom. The minimum atomic E-state index is -0.405. The van der Waals surface area contributed by atoms with Crippen LogP contribution in [0.5, 0.6) is 5.75 Å². The maximum Gasteiger partial charge on any atom is 0.244 e. The number of hydrogen-bond donors (Lipinski definition) is 1. The third-order valence-corrected chi connectivity index (χ3v) is 7.28. The topological polar surface area (TPSA) is 88.6 Å². The van der Waals surface area contributed by atoms with E-state index in [0.29, 0.717) is 28.8 Å². The lowest BCUT2D eigenvalue weighted by Crippen LogP contribution is -2.40. The molecule has 4 aliphatic carbocycles. The summed E-state index contributed by atoms with van der Waals surface area (Å²) >= 11 is 0. The van der Waals surface area contributed by atoms with E-state index in [0.717, 1.165) is 11.8 Å². The number of nitrogens with zero attached hydrogens (tertiary/aromatic N) is 2. The quantitative estimate of drug-likeness (QED) is 0.625. The lowest BCUT2D eigenvalue weighted by molar-refractivity contribution is -0.142. The van der Waals surface area contributed by atoms with Crippen LogP contribution in [-0.4, -0.2) is 41.3 Å². The predicted octanol–water partition coefficient (Wildman–Crippen LogP) is 2.24. The number of hydrogen-bond acceptors (Lipinski definition) is 5. The fraction of sp³-hybridized carbons (Fsp3) is 0.391. The molecule has 1 N–H and O–H groups in total. The largest absolute Gasteiger partial charge is 0.496 e. The van der Waals surface area contributed by atoms with Gasteiger partial charge in [-0.2, -0.15) is 0 Å². The molecular formula is C23H21N3O4. The van der Waals surface area contributed by atoms with Crippen molar-refractivity contribution in [3.8, 4) is 5.75 Å². The van der Waals surface area contributed by atoms with Gasteiger partial charge < -0.3 is 10.1 Å². The molecule has 2 bridgehead atoms. The van der Waals surface area contributed by atoms with E-state index in [1.165, 1.54) is 4.90 Å². The van der Waals surface area contributed by atoms with Gasteiger partial charge in [0.05, 0.1) is 30.1 Å². The van der Waals surface area contributed by atoms with Gasteiger partial charge in [0.15, 0.2) is 0 Å². The highest BCUT2D eigenvalue weighted by atomic mass is 16.5. The maximum atomic E-state index is 13.1. The van der Waals surface area contributed by atoms with Gasteiger partial charge in [0.25, 0.3) is 0 Å². The summed E-state index contributed by atoms with van der Waals surface area (Å²) in [7, 11) is 1.58. The van der Waals surface area contributed by atoms with Gasteiger partial charge in [0, 0.05) is 11.6 Å². The molecule has 5 aliphatic rings. The number of aromatic nitrogens is 1. The highest BCUT2D eigenvalue weighted by Crippen LogP contribution is 2.65. The second kappa shape index (κ2) is 6.14. The summed E-state index contributed by atoms with van der Waals surface area (Å²) in [5.74, 6) is 0.704. The number of ether oxygens (including phenoxy) is 1. The van der Waals surface area contributed by atoms with Crippen LogP contribution in [-0.2, 0) is 14.4 Å². The smallest absolute Gasteiger partial charge is 0.244 e. The van der Waals surface area contributed by atoms with Crippen molar-refractivity contribution in [2.75, 3.05) is 19.0 Å². The molecule has 0 spiro atoms. The van der Waals surface area contributed by atoms with Gasteiger partial charge in [-0.1, -0.05) is 18.2 Å². The summed E-state index contributed by atoms with van der Waals surface area (Å²) < 4.78 is 5.36. The minimum Gasteiger partial charge on any atom is -0.496 e. The van der Waals surface area contributed by atoms with E-state index in [9.17, 15) is 14.4 Å². The SMILES string of the molecule is COc1ccnc2c(NC(=O)CN3C(=O)[C@@H]4[C@H]5C=C[C@@H]([C@@H]6C[C@@H]56)[C@H]4C3=O)cccc12. The lowest BCUT2D eigenvalue weighted by Gasteiger charge is -2.37. The van der Waals surface area contributed by atoms with Crippen molar-refractivity contribution < 1.29 is 19.1 Å². The Hall–Kier alpha value is -3.22. The number of likely N-dealkylation sites (tertiary alicyclic amines) is 1. The number of amides is 3. The fourth-order valence-corrected chi connectivity index (χ4v) is 5.94. The Morgan fingerprint density at radius 3 is 2.50 bits per heavy atom. The van der Waals surface area contributed by atoms with Crippen LogP contribution in [0.4, 0.5) is 5.69 Å². The Kier molecular flexibility index (Phi) is 3.61. The molecule has 7 nitrogen and oxygen atoms in total. The monoisotopic (exact) mass is 403 g/mol. The van der Waals surface area contributed by atoms with E-state index in [2.05, 4.69) is 22.5 Å². The van der Waals surface area contributed by atoms with Gasteiger partial charge in [-0.25, -0.2) is 0 Å². The third kappa shape index (κ3) is 2.32. The standard InChI is InChI=1S/C23H21N3O4/c1-30-17-7-8-24-21-13(17)3-2-4-16(21)25-18(27)10-26-22(28)19-11-5-6-12(15-9-14(11)15)20(19)23(26)29/h2-8,11-12,14-15,19-20H,9-10H2,1H3,(H,25,27)/t11-,12-,14-,15-,19+,20+/m0/s1. The number of anilines is 1. The number of para-hydroxylation sites is 1. The molecule has 30 heavy (non-hydrogen) atoms. The van der Waals surface area contributed by atoms with Crippen LogP contribution in [0.1, 0.15) is 6.42 Å². The zero-order chi connectivity index (χ0) is 20.6. The molecule has 2 aromatic rings. The van der Waals surface area contributed by atoms with E-state index in [-0.39, 0.29) is 42.0 Å². The molecule has 2 saturated carbocycles. The minimum absolute atomic E-state index is 0.157. The van der Waals surface area contributed by atoms with Gasteiger partial charge >= 0.3 is 0 Å². The van der Waals surface area contributed by atoms with E-state index in [4.69, 9.17) is 4.74 Å². The number of fused-ring (bicyclic) bond motifs is 1. The lowest BCUT2D eigenvalue weighted by atomic mass is 9.63. The van der Waals surface area contributed by atoms with Crippen molar-refractivity contribution in [1.82, 2.24) is 9.88 Å². The van der Waals surface area contributed by atoms with E-state index < -0.39 is 5.91 Å². The predicted molar refractivity (Wildman–Crippen MR) is 108 cm³/mol. The molecule has 3 fully saturated rings. The van der Waals surface area contributed by atoms with Gasteiger partial charge in [-0.3, -0.25) is 24.3 Å². The molecule has 0 unspecified atom stereocenters. The average molecular weight is 403 g/mol. The summed E-state index contributed by atoms with van der Waals surface area (Å²) in [6, 6.07) is 7.17. The summed E-state index contributed by atoms with van der Waals surface area (Å²) in [5.41, 5.74) is 1.12. The first-order chi connectivity index (χ1) is 14.6. The molecule has 1 aromatic heterocycles. The van der Waals surface area contributed by atoms with Crippen molar-refractivity contribution in [1.29, 1.82) is 0 Å². The first-order valence-corrected chi connectivity index (χ1v) is 10.3. The molecule has 7 rings (SSSR count). The Bertz CT molecular complexity index is 1110. The number of nitrogens with one attached hydrogen (secondary N) is 1. The van der Waals surface area contributed by atoms with Gasteiger partial charge in [-0.05, 0) is 48.3 Å². The van der Waals surface area contributed by atoms with Crippen LogP contribution in [0.25, 0.3) is 10.9 Å². The summed E-state index contributed by atoms with van der Waals surface area (Å²) in [6.45, 7) is -0.264. The zero-order valence-electron chi connectivity index (χ0n) is 16.4. The Morgan fingerprint density at radius 2 is 1.83 bits per heavy atom. The third-order valence-electron chi connectivity index (χ3n) is 7.28. The van der Waals surface area contributed by atoms with Crippen LogP contribution in [0, 0.1) is 35.5 Å². The van der Waals surface area contributed by atoms with E-state index in [1.54, 1.807) is 31.5 Å². The number of rotatable bonds is 4. The fourth-order valence-electron chi connectivity index (χ4n) is 5.94. The summed E-state index contributed by atoms with van der Waals surface area (Å²) in [4.78, 5) is 44.4. The Labute approximate surface area is 173 Å². The normalized spacial score (nSPS) is 32.9. The molecule has 7 heteroatoms. The van der Waals surface area contributed by atoms with Crippen LogP contribution in [0.15, 0.2) is 42.6 Å². The number of methoxy groups -OCH3 is 1. The molecule has 6 atom stereocenters. The van der Waals surface area contributed by atoms with Crippen molar-refractivity contribution in [3.63, 3.8) is 0 Å². The number of imide groups is 1. The highest BCUT2D eigenvalue weighted by Gasteiger charge is 2.67. The molecule has 1 aromatic carbocycles. The van der Waals surface area contributed by atoms with Gasteiger partial charge in [0.1, 0.15) is 12.3 Å². The summed E-state index contributed by atoms with van der Waals surface area (Å²) in [6.07, 6.45) is 6.99. The molecule has 1 aliphatic heterocycles. The number of carbonyl (C=O) groups excluding carboxylic acids is 3. The van der Waals surface area contributed by atoms with Crippen molar-refractivity contribution in [2.24, 2.45) is 35.5 Å². The van der Waals surface area contributed by atoms with Gasteiger partial charge in [-0.15, -0.1) is 0 Å². The second-order valence-electron chi connectivity index (χ2n) is 8.68. The first-order valence-electron chi connectivity index (χ1n) is 10.3. The van der Waals surface area contributed by atoms with Gasteiger partial charge in [0.2, 0.25) is 17.7 Å². The Balaban J connectivity index is 1.23. The molecule has 152 valence electrons. The highest BCUT2D eigenvalue weighted by molar-refractivity contribution is 6.10. The number of benzene rings is 1. The van der Waals surface area contributed by atoms with E-state index >= 15 is 0 Å². The number of carbonyl (C=O) groups is 3. The van der Waals surface area contributed by atoms with Crippen LogP contribution >= 0.6 is 0 Å².